The fourth-order valence-electron chi connectivity index (χ4n) is 4.43. The predicted molar refractivity (Wildman–Crippen MR) is 118 cm³/mol. The molecule has 2 fully saturated rings. The van der Waals surface area contributed by atoms with Crippen molar-refractivity contribution in [2.24, 2.45) is 10.4 Å². The minimum absolute atomic E-state index is 0.500. The summed E-state index contributed by atoms with van der Waals surface area (Å²) in [7, 11) is 1.91. The Morgan fingerprint density at radius 3 is 2.39 bits per heavy atom. The number of amidine groups is 1. The van der Waals surface area contributed by atoms with Gasteiger partial charge < -0.3 is 9.80 Å². The van der Waals surface area contributed by atoms with E-state index in [2.05, 4.69) is 4.90 Å². The van der Waals surface area contributed by atoms with Crippen LogP contribution in [-0.2, 0) is 4.79 Å². The normalized spacial score (nSPS) is 20.3. The second kappa shape index (κ2) is 8.87. The van der Waals surface area contributed by atoms with Crippen molar-refractivity contribution in [3.05, 3.63) is 39.6 Å². The summed E-state index contributed by atoms with van der Waals surface area (Å²) in [6, 6.07) is 5.54. The molecule has 0 atom stereocenters. The molecule has 1 aliphatic carbocycles. The molecule has 28 heavy (non-hydrogen) atoms. The molecule has 0 N–H and O–H groups in total. The van der Waals surface area contributed by atoms with E-state index >= 15 is 0 Å². The number of carbonyl (C=O) groups is 1. The van der Waals surface area contributed by atoms with E-state index in [0.717, 1.165) is 36.7 Å². The van der Waals surface area contributed by atoms with E-state index in [1.807, 2.05) is 37.9 Å². The minimum Gasteiger partial charge on any atom is -0.356 e. The summed E-state index contributed by atoms with van der Waals surface area (Å²) >= 11 is 12.5. The number of aliphatic imine (C=N–C) groups is 1. The second-order valence-corrected chi connectivity index (χ2v) is 8.89. The molecule has 1 aliphatic heterocycles. The van der Waals surface area contributed by atoms with Crippen molar-refractivity contribution in [3.63, 3.8) is 0 Å². The van der Waals surface area contributed by atoms with Crippen LogP contribution in [0.2, 0.25) is 10.0 Å². The first-order valence-electron chi connectivity index (χ1n) is 10.0. The largest absolute Gasteiger partial charge is 0.356 e. The Bertz CT molecular complexity index is 787. The first kappa shape index (κ1) is 21.2. The lowest BCUT2D eigenvalue weighted by atomic mass is 9.77. The average Bonchev–Trinajstić information content (AvgIpc) is 3.15. The lowest BCUT2D eigenvalue weighted by molar-refractivity contribution is -0.105. The summed E-state index contributed by atoms with van der Waals surface area (Å²) in [6.07, 6.45) is 8.70. The maximum Gasteiger partial charge on any atom is 0.149 e. The van der Waals surface area contributed by atoms with Gasteiger partial charge in [-0.25, -0.2) is 4.99 Å². The highest BCUT2D eigenvalue weighted by atomic mass is 35.5. The summed E-state index contributed by atoms with van der Waals surface area (Å²) < 4.78 is 0. The van der Waals surface area contributed by atoms with Gasteiger partial charge in [0.2, 0.25) is 0 Å². The third kappa shape index (κ3) is 4.38. The van der Waals surface area contributed by atoms with E-state index in [-0.39, 0.29) is 0 Å². The molecule has 6 heteroatoms. The summed E-state index contributed by atoms with van der Waals surface area (Å²) in [6.45, 7) is 5.68. The molecule has 1 saturated carbocycles. The van der Waals surface area contributed by atoms with Crippen LogP contribution in [0.25, 0.3) is 0 Å². The average molecular weight is 422 g/mol. The summed E-state index contributed by atoms with van der Waals surface area (Å²) in [4.78, 5) is 20.6. The Balaban J connectivity index is 1.82. The van der Waals surface area contributed by atoms with Gasteiger partial charge in [-0.05, 0) is 57.1 Å². The number of hydrogen-bond donors (Lipinski definition) is 0. The number of hydrogen-bond acceptors (Lipinski definition) is 3. The topological polar surface area (TPSA) is 35.9 Å². The van der Waals surface area contributed by atoms with Crippen molar-refractivity contribution in [3.8, 4) is 0 Å². The number of nitrogens with zero attached hydrogens (tertiary/aromatic N) is 3. The standard InChI is InChI=1S/C22H29Cl2N3O/c1-16(15-28)21(27-13-11-22(12-14-27)9-4-5-10-22)25-17(2)26(3)19-8-6-7-18(23)20(19)24/h6-8,15H,4-5,9-14H2,1-3H3/b21-16+,25-17-. The molecule has 0 radical (unpaired) electrons. The molecule has 152 valence electrons. The molecule has 1 aromatic rings. The molecule has 3 rings (SSSR count). The van der Waals surface area contributed by atoms with Crippen molar-refractivity contribution >= 4 is 41.0 Å². The molecule has 1 heterocycles. The van der Waals surface area contributed by atoms with Crippen LogP contribution >= 0.6 is 23.2 Å². The molecule has 0 unspecified atom stereocenters. The van der Waals surface area contributed by atoms with E-state index in [1.54, 1.807) is 6.07 Å². The van der Waals surface area contributed by atoms with Gasteiger partial charge in [0.15, 0.2) is 0 Å². The molecule has 1 aromatic carbocycles. The number of halogens is 2. The van der Waals surface area contributed by atoms with Crippen LogP contribution in [0.4, 0.5) is 5.69 Å². The molecule has 1 saturated heterocycles. The van der Waals surface area contributed by atoms with Crippen LogP contribution in [0.3, 0.4) is 0 Å². The molecule has 4 nitrogen and oxygen atoms in total. The van der Waals surface area contributed by atoms with Crippen LogP contribution in [0.15, 0.2) is 34.6 Å². The smallest absolute Gasteiger partial charge is 0.149 e. The highest BCUT2D eigenvalue weighted by molar-refractivity contribution is 6.44. The van der Waals surface area contributed by atoms with E-state index in [0.29, 0.717) is 21.0 Å². The maximum absolute atomic E-state index is 11.6. The maximum atomic E-state index is 11.6. The lowest BCUT2D eigenvalue weighted by Gasteiger charge is -2.40. The van der Waals surface area contributed by atoms with Gasteiger partial charge >= 0.3 is 0 Å². The van der Waals surface area contributed by atoms with E-state index in [9.17, 15) is 4.79 Å². The first-order chi connectivity index (χ1) is 13.4. The third-order valence-corrected chi connectivity index (χ3v) is 7.17. The third-order valence-electron chi connectivity index (χ3n) is 6.36. The Morgan fingerprint density at radius 1 is 1.14 bits per heavy atom. The monoisotopic (exact) mass is 421 g/mol. The van der Waals surface area contributed by atoms with Crippen LogP contribution in [0, 0.1) is 5.41 Å². The van der Waals surface area contributed by atoms with Crippen LogP contribution in [0.5, 0.6) is 0 Å². The van der Waals surface area contributed by atoms with Gasteiger partial charge in [-0.15, -0.1) is 0 Å². The number of likely N-dealkylation sites (tertiary alicyclic amines) is 1. The van der Waals surface area contributed by atoms with E-state index in [1.165, 1.54) is 38.5 Å². The lowest BCUT2D eigenvalue weighted by Crippen LogP contribution is -2.39. The van der Waals surface area contributed by atoms with E-state index < -0.39 is 0 Å². The zero-order chi connectivity index (χ0) is 20.3. The van der Waals surface area contributed by atoms with Gasteiger partial charge in [0.1, 0.15) is 17.9 Å². The van der Waals surface area contributed by atoms with Gasteiger partial charge in [-0.1, -0.05) is 42.1 Å². The van der Waals surface area contributed by atoms with Gasteiger partial charge in [-0.2, -0.15) is 0 Å². The predicted octanol–water partition coefficient (Wildman–Crippen LogP) is 5.93. The number of anilines is 1. The number of carbonyl (C=O) groups excluding carboxylic acids is 1. The van der Waals surface area contributed by atoms with Crippen molar-refractivity contribution < 1.29 is 4.79 Å². The highest BCUT2D eigenvalue weighted by Crippen LogP contribution is 2.46. The fraction of sp³-hybridized carbons (Fsp3) is 0.545. The van der Waals surface area contributed by atoms with Gasteiger partial charge in [0, 0.05) is 25.7 Å². The Kier molecular flexibility index (Phi) is 6.72. The SMILES string of the molecule is C/C(=N/C(=C(/C)C=O)N1CCC2(CCCC2)CC1)N(C)c1cccc(Cl)c1Cl. The molecule has 0 bridgehead atoms. The summed E-state index contributed by atoms with van der Waals surface area (Å²) in [5, 5.41) is 1.01. The Hall–Kier alpha value is -1.52. The fourth-order valence-corrected chi connectivity index (χ4v) is 4.86. The Labute approximate surface area is 178 Å². The molecule has 2 aliphatic rings. The highest BCUT2D eigenvalue weighted by Gasteiger charge is 2.37. The molecular weight excluding hydrogens is 393 g/mol. The number of allylic oxidation sites excluding steroid dienone is 1. The van der Waals surface area contributed by atoms with Crippen LogP contribution in [0.1, 0.15) is 52.4 Å². The van der Waals surface area contributed by atoms with Crippen molar-refractivity contribution in [2.75, 3.05) is 25.0 Å². The van der Waals surface area contributed by atoms with Crippen molar-refractivity contribution in [1.29, 1.82) is 0 Å². The van der Waals surface area contributed by atoms with E-state index in [4.69, 9.17) is 28.2 Å². The second-order valence-electron chi connectivity index (χ2n) is 8.11. The van der Waals surface area contributed by atoms with Crippen LogP contribution < -0.4 is 4.90 Å². The number of rotatable bonds is 4. The molecule has 1 spiro atoms. The molecule has 0 aromatic heterocycles. The molecular formula is C22H29Cl2N3O. The quantitative estimate of drug-likeness (QED) is 0.261. The zero-order valence-electron chi connectivity index (χ0n) is 17.0. The number of aldehydes is 1. The summed E-state index contributed by atoms with van der Waals surface area (Å²) in [5.74, 6) is 1.53. The number of piperidine rings is 1. The molecule has 0 amide bonds. The van der Waals surface area contributed by atoms with Crippen molar-refractivity contribution in [1.82, 2.24) is 4.90 Å². The minimum atomic E-state index is 0.500. The van der Waals surface area contributed by atoms with Gasteiger partial charge in [0.25, 0.3) is 0 Å². The van der Waals surface area contributed by atoms with Crippen molar-refractivity contribution in [2.45, 2.75) is 52.4 Å². The van der Waals surface area contributed by atoms with Gasteiger partial charge in [-0.3, -0.25) is 4.79 Å². The first-order valence-corrected chi connectivity index (χ1v) is 10.8. The zero-order valence-corrected chi connectivity index (χ0v) is 18.5. The van der Waals surface area contributed by atoms with Crippen LogP contribution in [-0.4, -0.2) is 37.2 Å². The Morgan fingerprint density at radius 2 is 1.79 bits per heavy atom. The number of benzene rings is 1. The summed E-state index contributed by atoms with van der Waals surface area (Å²) in [5.41, 5.74) is 1.98. The van der Waals surface area contributed by atoms with Gasteiger partial charge in [0.05, 0.1) is 15.7 Å².